The standard InChI is InChI=1S/C18H17N3O4/c1-24-16-10-12(2-5-15(16)25-18(23)14-3-4-14)11-20-21-17(22)13-6-8-19-9-7-13/h2,5-11,14H,3-4H2,1H3,(H,21,22)/b20-11-. The quantitative estimate of drug-likeness (QED) is 0.377. The van der Waals surface area contributed by atoms with E-state index in [4.69, 9.17) is 9.47 Å². The zero-order valence-electron chi connectivity index (χ0n) is 13.6. The van der Waals surface area contributed by atoms with Crippen LogP contribution in [-0.4, -0.2) is 30.2 Å². The van der Waals surface area contributed by atoms with Gasteiger partial charge in [-0.3, -0.25) is 14.6 Å². The maximum absolute atomic E-state index is 11.9. The smallest absolute Gasteiger partial charge is 0.314 e. The van der Waals surface area contributed by atoms with Gasteiger partial charge in [0.25, 0.3) is 5.91 Å². The predicted octanol–water partition coefficient (Wildman–Crippen LogP) is 2.17. The highest BCUT2D eigenvalue weighted by atomic mass is 16.6. The molecule has 7 heteroatoms. The van der Waals surface area contributed by atoms with Crippen LogP contribution in [0.2, 0.25) is 0 Å². The predicted molar refractivity (Wildman–Crippen MR) is 90.7 cm³/mol. The molecule has 1 aromatic heterocycles. The summed E-state index contributed by atoms with van der Waals surface area (Å²) in [6.07, 6.45) is 6.30. The minimum atomic E-state index is -0.333. The zero-order chi connectivity index (χ0) is 17.6. The van der Waals surface area contributed by atoms with Crippen molar-refractivity contribution in [3.63, 3.8) is 0 Å². The van der Waals surface area contributed by atoms with Crippen LogP contribution in [-0.2, 0) is 4.79 Å². The molecule has 0 bridgehead atoms. The first-order chi connectivity index (χ1) is 12.2. The summed E-state index contributed by atoms with van der Waals surface area (Å²) < 4.78 is 10.6. The third kappa shape index (κ3) is 4.41. The normalized spacial score (nSPS) is 13.5. The third-order valence-electron chi connectivity index (χ3n) is 3.63. The van der Waals surface area contributed by atoms with Crippen molar-refractivity contribution in [2.75, 3.05) is 7.11 Å². The van der Waals surface area contributed by atoms with E-state index >= 15 is 0 Å². The number of esters is 1. The van der Waals surface area contributed by atoms with Crippen molar-refractivity contribution in [1.29, 1.82) is 0 Å². The number of benzene rings is 1. The molecule has 25 heavy (non-hydrogen) atoms. The van der Waals surface area contributed by atoms with Crippen molar-refractivity contribution in [2.45, 2.75) is 12.8 Å². The molecular formula is C18H17N3O4. The summed E-state index contributed by atoms with van der Waals surface area (Å²) >= 11 is 0. The van der Waals surface area contributed by atoms with E-state index in [1.807, 2.05) is 0 Å². The second-order valence-electron chi connectivity index (χ2n) is 5.54. The Morgan fingerprint density at radius 3 is 2.64 bits per heavy atom. The molecule has 1 aliphatic carbocycles. The van der Waals surface area contributed by atoms with Crippen molar-refractivity contribution < 1.29 is 19.1 Å². The fourth-order valence-electron chi connectivity index (χ4n) is 2.09. The van der Waals surface area contributed by atoms with Gasteiger partial charge in [0.2, 0.25) is 0 Å². The number of hydrogen-bond donors (Lipinski definition) is 1. The van der Waals surface area contributed by atoms with Crippen molar-refractivity contribution in [3.8, 4) is 11.5 Å². The van der Waals surface area contributed by atoms with E-state index in [0.717, 1.165) is 12.8 Å². The molecule has 1 aliphatic rings. The number of rotatable bonds is 6. The average molecular weight is 339 g/mol. The van der Waals surface area contributed by atoms with Crippen molar-refractivity contribution in [3.05, 3.63) is 53.9 Å². The molecule has 1 saturated carbocycles. The number of nitrogens with one attached hydrogen (secondary N) is 1. The van der Waals surface area contributed by atoms with E-state index in [2.05, 4.69) is 15.5 Å². The Bertz CT molecular complexity index is 801. The summed E-state index contributed by atoms with van der Waals surface area (Å²) in [6.45, 7) is 0. The number of amides is 1. The lowest BCUT2D eigenvalue weighted by molar-refractivity contribution is -0.135. The first-order valence-corrected chi connectivity index (χ1v) is 7.80. The highest BCUT2D eigenvalue weighted by molar-refractivity contribution is 5.94. The lowest BCUT2D eigenvalue weighted by atomic mass is 10.2. The van der Waals surface area contributed by atoms with Gasteiger partial charge in [-0.15, -0.1) is 0 Å². The van der Waals surface area contributed by atoms with E-state index in [1.165, 1.54) is 25.7 Å². The van der Waals surface area contributed by atoms with E-state index in [9.17, 15) is 9.59 Å². The van der Waals surface area contributed by atoms with Crippen molar-refractivity contribution in [2.24, 2.45) is 11.0 Å². The summed E-state index contributed by atoms with van der Waals surface area (Å²) in [5.74, 6) is 0.245. The Balaban J connectivity index is 1.64. The number of hydrogen-bond acceptors (Lipinski definition) is 6. The number of methoxy groups -OCH3 is 1. The topological polar surface area (TPSA) is 89.9 Å². The Hall–Kier alpha value is -3.22. The third-order valence-corrected chi connectivity index (χ3v) is 3.63. The van der Waals surface area contributed by atoms with Crippen LogP contribution in [0.4, 0.5) is 0 Å². The molecule has 0 spiro atoms. The summed E-state index contributed by atoms with van der Waals surface area (Å²) in [4.78, 5) is 27.5. The molecule has 7 nitrogen and oxygen atoms in total. The van der Waals surface area contributed by atoms with Crippen LogP contribution in [0.1, 0.15) is 28.8 Å². The molecule has 3 rings (SSSR count). The minimum Gasteiger partial charge on any atom is -0.493 e. The van der Waals surface area contributed by atoms with Gasteiger partial charge in [-0.2, -0.15) is 5.10 Å². The summed E-state index contributed by atoms with van der Waals surface area (Å²) in [7, 11) is 1.50. The van der Waals surface area contributed by atoms with E-state index in [0.29, 0.717) is 22.6 Å². The Labute approximate surface area is 144 Å². The first kappa shape index (κ1) is 16.6. The summed E-state index contributed by atoms with van der Waals surface area (Å²) in [6, 6.07) is 8.23. The average Bonchev–Trinajstić information content (AvgIpc) is 3.48. The highest BCUT2D eigenvalue weighted by Crippen LogP contribution is 2.34. The summed E-state index contributed by atoms with van der Waals surface area (Å²) in [5, 5.41) is 3.91. The molecule has 0 atom stereocenters. The van der Waals surface area contributed by atoms with Crippen LogP contribution in [0.25, 0.3) is 0 Å². The second kappa shape index (κ2) is 7.57. The second-order valence-corrected chi connectivity index (χ2v) is 5.54. The minimum absolute atomic E-state index is 0.00865. The Morgan fingerprint density at radius 2 is 1.96 bits per heavy atom. The van der Waals surface area contributed by atoms with Crippen molar-refractivity contribution >= 4 is 18.1 Å². The highest BCUT2D eigenvalue weighted by Gasteiger charge is 2.32. The number of nitrogens with zero attached hydrogens (tertiary/aromatic N) is 2. The fourth-order valence-corrected chi connectivity index (χ4v) is 2.09. The summed E-state index contributed by atoms with van der Waals surface area (Å²) in [5.41, 5.74) is 3.59. The number of ether oxygens (including phenoxy) is 2. The molecule has 1 fully saturated rings. The largest absolute Gasteiger partial charge is 0.493 e. The Kier molecular flexibility index (Phi) is 5.03. The molecule has 0 aliphatic heterocycles. The number of pyridine rings is 1. The fraction of sp³-hybridized carbons (Fsp3) is 0.222. The monoisotopic (exact) mass is 339 g/mol. The van der Waals surface area contributed by atoms with Crippen LogP contribution >= 0.6 is 0 Å². The number of carbonyl (C=O) groups excluding carboxylic acids is 2. The van der Waals surface area contributed by atoms with Crippen LogP contribution in [0.5, 0.6) is 11.5 Å². The van der Waals surface area contributed by atoms with E-state index in [-0.39, 0.29) is 17.8 Å². The van der Waals surface area contributed by atoms with Gasteiger partial charge in [-0.05, 0) is 48.7 Å². The van der Waals surface area contributed by atoms with E-state index < -0.39 is 0 Å². The molecule has 2 aromatic rings. The van der Waals surface area contributed by atoms with Gasteiger partial charge < -0.3 is 9.47 Å². The molecule has 1 aromatic carbocycles. The van der Waals surface area contributed by atoms with Gasteiger partial charge in [-0.25, -0.2) is 5.43 Å². The van der Waals surface area contributed by atoms with Crippen LogP contribution in [0, 0.1) is 5.92 Å². The SMILES string of the molecule is COc1cc(/C=N\NC(=O)c2ccncc2)ccc1OC(=O)C1CC1. The lowest BCUT2D eigenvalue weighted by Crippen LogP contribution is -2.17. The Morgan fingerprint density at radius 1 is 1.20 bits per heavy atom. The van der Waals surface area contributed by atoms with Gasteiger partial charge in [0, 0.05) is 18.0 Å². The van der Waals surface area contributed by atoms with Gasteiger partial charge >= 0.3 is 5.97 Å². The van der Waals surface area contributed by atoms with Crippen LogP contribution in [0.15, 0.2) is 47.8 Å². The maximum Gasteiger partial charge on any atom is 0.314 e. The molecule has 1 heterocycles. The number of carbonyl (C=O) groups is 2. The van der Waals surface area contributed by atoms with Gasteiger partial charge in [0.15, 0.2) is 11.5 Å². The molecule has 0 radical (unpaired) electrons. The molecular weight excluding hydrogens is 322 g/mol. The van der Waals surface area contributed by atoms with Gasteiger partial charge in [0.1, 0.15) is 0 Å². The molecule has 1 N–H and O–H groups in total. The molecule has 1 amide bonds. The van der Waals surface area contributed by atoms with Crippen LogP contribution in [0.3, 0.4) is 0 Å². The van der Waals surface area contributed by atoms with Gasteiger partial charge in [0.05, 0.1) is 19.2 Å². The lowest BCUT2D eigenvalue weighted by Gasteiger charge is -2.09. The van der Waals surface area contributed by atoms with Crippen LogP contribution < -0.4 is 14.9 Å². The zero-order valence-corrected chi connectivity index (χ0v) is 13.6. The van der Waals surface area contributed by atoms with Crippen molar-refractivity contribution in [1.82, 2.24) is 10.4 Å². The molecule has 128 valence electrons. The number of aromatic nitrogens is 1. The maximum atomic E-state index is 11.9. The van der Waals surface area contributed by atoms with Gasteiger partial charge in [-0.1, -0.05) is 0 Å². The first-order valence-electron chi connectivity index (χ1n) is 7.80. The number of hydrazone groups is 1. The van der Waals surface area contributed by atoms with E-state index in [1.54, 1.807) is 30.3 Å². The molecule has 0 saturated heterocycles. The molecule has 0 unspecified atom stereocenters.